The molecule has 2 aromatic rings. The molecule has 1 atom stereocenters. The first kappa shape index (κ1) is 16.0. The molecule has 2 aromatic carbocycles. The quantitative estimate of drug-likeness (QED) is 0.422. The highest BCUT2D eigenvalue weighted by molar-refractivity contribution is 5.78. The van der Waals surface area contributed by atoms with Gasteiger partial charge in [0.1, 0.15) is 12.9 Å². The van der Waals surface area contributed by atoms with Gasteiger partial charge in [0.2, 0.25) is 0 Å². The van der Waals surface area contributed by atoms with Gasteiger partial charge in [0.25, 0.3) is 0 Å². The Bertz CT molecular complexity index is 578. The van der Waals surface area contributed by atoms with Gasteiger partial charge in [-0.25, -0.2) is 0 Å². The van der Waals surface area contributed by atoms with Crippen molar-refractivity contribution >= 4 is 12.3 Å². The normalized spacial score (nSPS) is 11.6. The van der Waals surface area contributed by atoms with E-state index in [9.17, 15) is 9.59 Å². The van der Waals surface area contributed by atoms with E-state index >= 15 is 0 Å². The van der Waals surface area contributed by atoms with E-state index in [0.717, 1.165) is 17.4 Å². The molecule has 0 N–H and O–H groups in total. The van der Waals surface area contributed by atoms with Gasteiger partial charge in [-0.2, -0.15) is 0 Å². The fourth-order valence-electron chi connectivity index (χ4n) is 2.34. The smallest absolute Gasteiger partial charge is 0.313 e. The number of carbonyl (C=O) groups excluding carboxylic acids is 2. The van der Waals surface area contributed by atoms with Gasteiger partial charge in [-0.1, -0.05) is 60.7 Å². The van der Waals surface area contributed by atoms with Crippen molar-refractivity contribution < 1.29 is 14.3 Å². The number of benzene rings is 2. The molecule has 0 aliphatic carbocycles. The Morgan fingerprint density at radius 2 is 1.64 bits per heavy atom. The van der Waals surface area contributed by atoms with Crippen LogP contribution in [0.4, 0.5) is 0 Å². The largest absolute Gasteiger partial charge is 0.460 e. The van der Waals surface area contributed by atoms with E-state index in [-0.39, 0.29) is 18.5 Å². The molecule has 0 heterocycles. The predicted octanol–water partition coefficient (Wildman–Crippen LogP) is 3.88. The monoisotopic (exact) mass is 296 g/mol. The van der Waals surface area contributed by atoms with Gasteiger partial charge in [0, 0.05) is 6.42 Å². The van der Waals surface area contributed by atoms with Crippen molar-refractivity contribution in [1.29, 1.82) is 0 Å². The highest BCUT2D eigenvalue weighted by Crippen LogP contribution is 2.24. The molecule has 22 heavy (non-hydrogen) atoms. The zero-order valence-corrected chi connectivity index (χ0v) is 12.5. The number of ether oxygens (including phenoxy) is 1. The van der Waals surface area contributed by atoms with Crippen LogP contribution in [0.5, 0.6) is 0 Å². The van der Waals surface area contributed by atoms with Crippen LogP contribution >= 0.6 is 0 Å². The zero-order chi connectivity index (χ0) is 15.6. The van der Waals surface area contributed by atoms with Gasteiger partial charge in [0.15, 0.2) is 0 Å². The third kappa shape index (κ3) is 4.85. The summed E-state index contributed by atoms with van der Waals surface area (Å²) >= 11 is 0. The second kappa shape index (κ2) is 8.78. The minimum atomic E-state index is -0.315. The van der Waals surface area contributed by atoms with Crippen molar-refractivity contribution in [2.45, 2.75) is 31.8 Å². The van der Waals surface area contributed by atoms with Crippen molar-refractivity contribution in [2.75, 3.05) is 0 Å². The Morgan fingerprint density at radius 1 is 1.00 bits per heavy atom. The van der Waals surface area contributed by atoms with Gasteiger partial charge in [-0.05, 0) is 24.0 Å². The van der Waals surface area contributed by atoms with E-state index < -0.39 is 0 Å². The maximum absolute atomic E-state index is 12.4. The number of unbranched alkanes of at least 4 members (excludes halogenated alkanes) is 1. The second-order valence-corrected chi connectivity index (χ2v) is 5.15. The summed E-state index contributed by atoms with van der Waals surface area (Å²) in [6, 6.07) is 19.2. The fraction of sp³-hybridized carbons (Fsp3) is 0.263. The average molecular weight is 296 g/mol. The van der Waals surface area contributed by atoms with E-state index in [1.54, 1.807) is 0 Å². The summed E-state index contributed by atoms with van der Waals surface area (Å²) in [7, 11) is 0. The molecule has 0 saturated carbocycles. The summed E-state index contributed by atoms with van der Waals surface area (Å²) in [4.78, 5) is 22.9. The Labute approximate surface area is 130 Å². The summed E-state index contributed by atoms with van der Waals surface area (Å²) in [5.74, 6) is -0.550. The van der Waals surface area contributed by atoms with Crippen LogP contribution in [0.1, 0.15) is 36.3 Å². The molecule has 0 fully saturated rings. The zero-order valence-electron chi connectivity index (χ0n) is 12.5. The molecule has 0 amide bonds. The van der Waals surface area contributed by atoms with E-state index in [1.807, 2.05) is 60.7 Å². The van der Waals surface area contributed by atoms with E-state index in [1.165, 1.54) is 0 Å². The Kier molecular flexibility index (Phi) is 6.37. The summed E-state index contributed by atoms with van der Waals surface area (Å²) in [6.45, 7) is 0.274. The van der Waals surface area contributed by atoms with Gasteiger partial charge in [0.05, 0.1) is 5.92 Å². The molecule has 0 bridgehead atoms. The van der Waals surface area contributed by atoms with Crippen molar-refractivity contribution in [3.8, 4) is 0 Å². The van der Waals surface area contributed by atoms with Gasteiger partial charge in [-0.3, -0.25) is 4.79 Å². The molecule has 0 aliphatic rings. The van der Waals surface area contributed by atoms with Crippen LogP contribution < -0.4 is 0 Å². The molecule has 1 unspecified atom stereocenters. The van der Waals surface area contributed by atoms with Crippen LogP contribution in [0.3, 0.4) is 0 Å². The standard InChI is InChI=1S/C19H20O3/c20-14-8-7-13-18(17-11-5-2-6-12-17)19(21)22-15-16-9-3-1-4-10-16/h1-6,9-12,14,18H,7-8,13,15H2. The van der Waals surface area contributed by atoms with Gasteiger partial charge < -0.3 is 9.53 Å². The van der Waals surface area contributed by atoms with Crippen molar-refractivity contribution in [3.05, 3.63) is 71.8 Å². The maximum Gasteiger partial charge on any atom is 0.313 e. The number of carbonyl (C=O) groups is 2. The SMILES string of the molecule is O=CCCCC(C(=O)OCc1ccccc1)c1ccccc1. The van der Waals surface area contributed by atoms with Crippen LogP contribution in [0.15, 0.2) is 60.7 Å². The summed E-state index contributed by atoms with van der Waals surface area (Å²) in [5, 5.41) is 0. The molecular formula is C19H20O3. The Morgan fingerprint density at radius 3 is 2.27 bits per heavy atom. The van der Waals surface area contributed by atoms with Gasteiger partial charge >= 0.3 is 5.97 Å². The van der Waals surface area contributed by atoms with Crippen molar-refractivity contribution in [1.82, 2.24) is 0 Å². The van der Waals surface area contributed by atoms with Crippen molar-refractivity contribution in [2.24, 2.45) is 0 Å². The van der Waals surface area contributed by atoms with Crippen LogP contribution in [0, 0.1) is 0 Å². The molecule has 0 saturated heterocycles. The van der Waals surface area contributed by atoms with Gasteiger partial charge in [-0.15, -0.1) is 0 Å². The molecule has 0 aliphatic heterocycles. The number of aldehydes is 1. The number of esters is 1. The van der Waals surface area contributed by atoms with E-state index in [0.29, 0.717) is 19.3 Å². The van der Waals surface area contributed by atoms with Crippen LogP contribution in [-0.4, -0.2) is 12.3 Å². The first-order valence-electron chi connectivity index (χ1n) is 7.50. The van der Waals surface area contributed by atoms with Crippen LogP contribution in [-0.2, 0) is 20.9 Å². The first-order chi connectivity index (χ1) is 10.8. The minimum Gasteiger partial charge on any atom is -0.460 e. The predicted molar refractivity (Wildman–Crippen MR) is 85.3 cm³/mol. The highest BCUT2D eigenvalue weighted by Gasteiger charge is 2.21. The second-order valence-electron chi connectivity index (χ2n) is 5.15. The Balaban J connectivity index is 2.00. The number of rotatable bonds is 8. The maximum atomic E-state index is 12.4. The molecule has 0 aromatic heterocycles. The van der Waals surface area contributed by atoms with Crippen LogP contribution in [0.25, 0.3) is 0 Å². The number of hydrogen-bond acceptors (Lipinski definition) is 3. The van der Waals surface area contributed by atoms with E-state index in [4.69, 9.17) is 4.74 Å². The third-order valence-electron chi connectivity index (χ3n) is 3.53. The fourth-order valence-corrected chi connectivity index (χ4v) is 2.34. The summed E-state index contributed by atoms with van der Waals surface area (Å²) < 4.78 is 5.45. The summed E-state index contributed by atoms with van der Waals surface area (Å²) in [6.07, 6.45) is 2.66. The lowest BCUT2D eigenvalue weighted by molar-refractivity contribution is -0.147. The average Bonchev–Trinajstić information content (AvgIpc) is 2.58. The minimum absolute atomic E-state index is 0.235. The third-order valence-corrected chi connectivity index (χ3v) is 3.53. The Hall–Kier alpha value is -2.42. The lowest BCUT2D eigenvalue weighted by Gasteiger charge is -2.16. The molecule has 3 heteroatoms. The van der Waals surface area contributed by atoms with Crippen molar-refractivity contribution in [3.63, 3.8) is 0 Å². The van der Waals surface area contributed by atoms with E-state index in [2.05, 4.69) is 0 Å². The number of hydrogen-bond donors (Lipinski definition) is 0. The molecule has 114 valence electrons. The van der Waals surface area contributed by atoms with Crippen LogP contribution in [0.2, 0.25) is 0 Å². The first-order valence-corrected chi connectivity index (χ1v) is 7.50. The molecule has 3 nitrogen and oxygen atoms in total. The topological polar surface area (TPSA) is 43.4 Å². The summed E-state index contributed by atoms with van der Waals surface area (Å²) in [5.41, 5.74) is 1.90. The lowest BCUT2D eigenvalue weighted by Crippen LogP contribution is -2.16. The molecule has 0 radical (unpaired) electrons. The molecular weight excluding hydrogens is 276 g/mol. The molecule has 2 rings (SSSR count). The lowest BCUT2D eigenvalue weighted by atomic mass is 9.94. The molecule has 0 spiro atoms. The highest BCUT2D eigenvalue weighted by atomic mass is 16.5.